The van der Waals surface area contributed by atoms with Crippen molar-refractivity contribution in [3.63, 3.8) is 0 Å². The molecule has 2 aromatic carbocycles. The lowest BCUT2D eigenvalue weighted by Crippen LogP contribution is -2.03. The van der Waals surface area contributed by atoms with E-state index in [2.05, 4.69) is 11.6 Å². The van der Waals surface area contributed by atoms with E-state index in [1.54, 1.807) is 30.5 Å². The van der Waals surface area contributed by atoms with Crippen LogP contribution in [0.4, 0.5) is 5.69 Å². The summed E-state index contributed by atoms with van der Waals surface area (Å²) in [5.74, 6) is -0.265. The van der Waals surface area contributed by atoms with E-state index in [0.717, 1.165) is 16.5 Å². The van der Waals surface area contributed by atoms with Crippen LogP contribution in [-0.2, 0) is 0 Å². The van der Waals surface area contributed by atoms with Gasteiger partial charge in [-0.15, -0.1) is 6.58 Å². The Labute approximate surface area is 127 Å². The largest absolute Gasteiger partial charge is 0.273 e. The fourth-order valence-electron chi connectivity index (χ4n) is 2.62. The predicted octanol–water partition coefficient (Wildman–Crippen LogP) is 4.46. The number of nitro benzene ring substituents is 1. The summed E-state index contributed by atoms with van der Waals surface area (Å²) in [6, 6.07) is 16.5. The number of allylic oxidation sites excluding steroid dienone is 1. The van der Waals surface area contributed by atoms with Gasteiger partial charge in [0.05, 0.1) is 10.4 Å². The smallest absolute Gasteiger partial charge is 0.258 e. The van der Waals surface area contributed by atoms with Crippen molar-refractivity contribution >= 4 is 16.6 Å². The molecular weight excluding hydrogens is 276 g/mol. The molecule has 0 saturated carbocycles. The molecule has 0 fully saturated rings. The van der Waals surface area contributed by atoms with Gasteiger partial charge in [0.15, 0.2) is 0 Å². The van der Waals surface area contributed by atoms with Gasteiger partial charge in [-0.1, -0.05) is 42.5 Å². The van der Waals surface area contributed by atoms with Gasteiger partial charge in [-0.2, -0.15) is 0 Å². The number of benzene rings is 2. The van der Waals surface area contributed by atoms with E-state index in [4.69, 9.17) is 0 Å². The summed E-state index contributed by atoms with van der Waals surface area (Å²) in [5.41, 5.74) is 2.51. The van der Waals surface area contributed by atoms with E-state index in [1.165, 1.54) is 6.07 Å². The summed E-state index contributed by atoms with van der Waals surface area (Å²) in [6.07, 6.45) is 3.47. The topological polar surface area (TPSA) is 56.0 Å². The van der Waals surface area contributed by atoms with Crippen molar-refractivity contribution in [2.45, 2.75) is 5.92 Å². The van der Waals surface area contributed by atoms with Gasteiger partial charge in [0.1, 0.15) is 0 Å². The summed E-state index contributed by atoms with van der Waals surface area (Å²) in [7, 11) is 0. The Morgan fingerprint density at radius 3 is 2.64 bits per heavy atom. The predicted molar refractivity (Wildman–Crippen MR) is 86.9 cm³/mol. The molecule has 0 aliphatic rings. The lowest BCUT2D eigenvalue weighted by Gasteiger charge is -2.14. The Balaban J connectivity index is 2.14. The van der Waals surface area contributed by atoms with Crippen LogP contribution in [-0.4, -0.2) is 9.91 Å². The Morgan fingerprint density at radius 2 is 1.86 bits per heavy atom. The lowest BCUT2D eigenvalue weighted by molar-refractivity contribution is -0.385. The van der Waals surface area contributed by atoms with E-state index in [0.29, 0.717) is 5.56 Å². The number of nitrogens with zero attached hydrogens (tertiary/aromatic N) is 2. The van der Waals surface area contributed by atoms with Gasteiger partial charge >= 0.3 is 0 Å². The van der Waals surface area contributed by atoms with Crippen molar-refractivity contribution in [1.29, 1.82) is 0 Å². The Hall–Kier alpha value is -3.01. The molecule has 1 aromatic heterocycles. The molecule has 22 heavy (non-hydrogen) atoms. The fraction of sp³-hybridized carbons (Fsp3) is 0.0556. The minimum absolute atomic E-state index is 0.0977. The average Bonchev–Trinajstić information content (AvgIpc) is 2.56. The van der Waals surface area contributed by atoms with E-state index in [1.807, 2.05) is 30.3 Å². The first-order valence-electron chi connectivity index (χ1n) is 6.91. The fourth-order valence-corrected chi connectivity index (χ4v) is 2.62. The standard InChI is InChI=1S/C18H14N2O2/c1-2-15(16-8-4-6-10-18(16)20(21)22)14-11-13-7-3-5-9-17(13)19-12-14/h2-12,15H,1H2. The van der Waals surface area contributed by atoms with Crippen LogP contribution in [0.3, 0.4) is 0 Å². The zero-order valence-corrected chi connectivity index (χ0v) is 11.8. The monoisotopic (exact) mass is 290 g/mol. The maximum atomic E-state index is 11.2. The van der Waals surface area contributed by atoms with Crippen molar-refractivity contribution in [2.24, 2.45) is 0 Å². The molecule has 0 saturated heterocycles. The first-order valence-corrected chi connectivity index (χ1v) is 6.91. The van der Waals surface area contributed by atoms with Gasteiger partial charge in [0.25, 0.3) is 5.69 Å². The minimum Gasteiger partial charge on any atom is -0.258 e. The van der Waals surface area contributed by atoms with Crippen LogP contribution in [0.2, 0.25) is 0 Å². The maximum Gasteiger partial charge on any atom is 0.273 e. The van der Waals surface area contributed by atoms with Crippen LogP contribution < -0.4 is 0 Å². The number of fused-ring (bicyclic) bond motifs is 1. The third-order valence-corrected chi connectivity index (χ3v) is 3.67. The second-order valence-electron chi connectivity index (χ2n) is 4.99. The molecule has 3 aromatic rings. The number of pyridine rings is 1. The molecule has 4 heteroatoms. The Bertz CT molecular complexity index is 858. The highest BCUT2D eigenvalue weighted by atomic mass is 16.6. The summed E-state index contributed by atoms with van der Waals surface area (Å²) < 4.78 is 0. The average molecular weight is 290 g/mol. The van der Waals surface area contributed by atoms with Crippen molar-refractivity contribution < 1.29 is 4.92 Å². The van der Waals surface area contributed by atoms with Crippen molar-refractivity contribution in [2.75, 3.05) is 0 Å². The first-order chi connectivity index (χ1) is 10.7. The second kappa shape index (κ2) is 5.77. The summed E-state index contributed by atoms with van der Waals surface area (Å²) in [6.45, 7) is 3.84. The molecule has 0 aliphatic heterocycles. The third kappa shape index (κ3) is 2.46. The van der Waals surface area contributed by atoms with Gasteiger partial charge in [-0.3, -0.25) is 15.1 Å². The van der Waals surface area contributed by atoms with E-state index < -0.39 is 0 Å². The zero-order chi connectivity index (χ0) is 15.5. The van der Waals surface area contributed by atoms with Crippen molar-refractivity contribution in [3.05, 3.63) is 94.7 Å². The molecule has 1 heterocycles. The molecule has 0 spiro atoms. The number of aromatic nitrogens is 1. The van der Waals surface area contributed by atoms with E-state index >= 15 is 0 Å². The van der Waals surface area contributed by atoms with Crippen molar-refractivity contribution in [3.8, 4) is 0 Å². The van der Waals surface area contributed by atoms with Crippen LogP contribution >= 0.6 is 0 Å². The molecular formula is C18H14N2O2. The van der Waals surface area contributed by atoms with Crippen LogP contribution in [0.25, 0.3) is 10.9 Å². The number of para-hydroxylation sites is 2. The maximum absolute atomic E-state index is 11.2. The lowest BCUT2D eigenvalue weighted by atomic mass is 9.90. The number of nitro groups is 1. The van der Waals surface area contributed by atoms with Gasteiger partial charge in [0, 0.05) is 29.1 Å². The molecule has 0 radical (unpaired) electrons. The van der Waals surface area contributed by atoms with Crippen molar-refractivity contribution in [1.82, 2.24) is 4.98 Å². The van der Waals surface area contributed by atoms with Crippen LogP contribution in [0, 0.1) is 10.1 Å². The molecule has 108 valence electrons. The first kappa shape index (κ1) is 13.9. The zero-order valence-electron chi connectivity index (χ0n) is 11.8. The number of hydrogen-bond donors (Lipinski definition) is 0. The number of hydrogen-bond acceptors (Lipinski definition) is 3. The third-order valence-electron chi connectivity index (χ3n) is 3.67. The molecule has 0 aliphatic carbocycles. The minimum atomic E-state index is -0.361. The van der Waals surface area contributed by atoms with Gasteiger partial charge in [0.2, 0.25) is 0 Å². The quantitative estimate of drug-likeness (QED) is 0.405. The number of rotatable bonds is 4. The summed E-state index contributed by atoms with van der Waals surface area (Å²) >= 11 is 0. The summed E-state index contributed by atoms with van der Waals surface area (Å²) in [5, 5.41) is 12.2. The van der Waals surface area contributed by atoms with E-state index in [9.17, 15) is 10.1 Å². The van der Waals surface area contributed by atoms with Gasteiger partial charge in [-0.25, -0.2) is 0 Å². The highest BCUT2D eigenvalue weighted by Crippen LogP contribution is 2.33. The Morgan fingerprint density at radius 1 is 1.14 bits per heavy atom. The SMILES string of the molecule is C=CC(c1cnc2ccccc2c1)c1ccccc1[N+](=O)[O-]. The summed E-state index contributed by atoms with van der Waals surface area (Å²) in [4.78, 5) is 15.3. The second-order valence-corrected chi connectivity index (χ2v) is 4.99. The molecule has 1 atom stereocenters. The molecule has 0 bridgehead atoms. The van der Waals surface area contributed by atoms with Crippen LogP contribution in [0.5, 0.6) is 0 Å². The van der Waals surface area contributed by atoms with Crippen LogP contribution in [0.1, 0.15) is 17.0 Å². The molecule has 1 unspecified atom stereocenters. The highest BCUT2D eigenvalue weighted by Gasteiger charge is 2.21. The molecule has 0 N–H and O–H groups in total. The molecule has 0 amide bonds. The Kier molecular flexibility index (Phi) is 3.66. The molecule has 3 rings (SSSR count). The van der Waals surface area contributed by atoms with E-state index in [-0.39, 0.29) is 16.5 Å². The molecule has 4 nitrogen and oxygen atoms in total. The van der Waals surface area contributed by atoms with Gasteiger partial charge in [-0.05, 0) is 17.7 Å². The normalized spacial score (nSPS) is 12.0. The highest BCUT2D eigenvalue weighted by molar-refractivity contribution is 5.79. The van der Waals surface area contributed by atoms with Crippen LogP contribution in [0.15, 0.2) is 73.4 Å². The van der Waals surface area contributed by atoms with Gasteiger partial charge < -0.3 is 0 Å².